The average molecular weight is 273 g/mol. The Kier molecular flexibility index (Phi) is 5.78. The smallest absolute Gasteiger partial charge is 0.123 e. The van der Waals surface area contributed by atoms with Crippen LogP contribution >= 0.6 is 0 Å². The van der Waals surface area contributed by atoms with Gasteiger partial charge in [0.15, 0.2) is 0 Å². The number of carbonyl (C=O) groups excluding carboxylic acids is 1. The lowest BCUT2D eigenvalue weighted by molar-refractivity contribution is -0.112. The van der Waals surface area contributed by atoms with Crippen molar-refractivity contribution in [2.45, 2.75) is 52.1 Å². The van der Waals surface area contributed by atoms with Crippen LogP contribution in [0.15, 0.2) is 30.3 Å². The first-order chi connectivity index (χ1) is 9.70. The first kappa shape index (κ1) is 15.2. The van der Waals surface area contributed by atoms with Crippen molar-refractivity contribution in [2.75, 3.05) is 0 Å². The molecule has 0 aliphatic heterocycles. The molecule has 1 aromatic rings. The molecule has 2 nitrogen and oxygen atoms in total. The lowest BCUT2D eigenvalue weighted by Crippen LogP contribution is -2.42. The summed E-state index contributed by atoms with van der Waals surface area (Å²) in [5, 5.41) is 3.73. The van der Waals surface area contributed by atoms with E-state index in [2.05, 4.69) is 49.5 Å². The molecule has 1 fully saturated rings. The molecule has 1 N–H and O–H groups in total. The molecular formula is C18H27NO. The van der Waals surface area contributed by atoms with E-state index in [9.17, 15) is 4.79 Å². The van der Waals surface area contributed by atoms with Gasteiger partial charge in [-0.25, -0.2) is 0 Å². The number of hydrogen-bond donors (Lipinski definition) is 1. The third-order valence-corrected chi connectivity index (χ3v) is 4.56. The summed E-state index contributed by atoms with van der Waals surface area (Å²) < 4.78 is 0. The number of aldehydes is 1. The number of benzene rings is 1. The SMILES string of the molecule is CC(C)C(NCc1ccccc1)C1CCCC(C=O)C1. The van der Waals surface area contributed by atoms with Gasteiger partial charge in [0.1, 0.15) is 6.29 Å². The standard InChI is InChI=1S/C18H27NO/c1-14(2)18(17-10-6-9-16(11-17)13-20)19-12-15-7-4-3-5-8-15/h3-5,7-8,13-14,16-19H,6,9-12H2,1-2H3. The molecule has 0 amide bonds. The highest BCUT2D eigenvalue weighted by atomic mass is 16.1. The molecule has 0 bridgehead atoms. The molecule has 3 atom stereocenters. The molecule has 3 unspecified atom stereocenters. The van der Waals surface area contributed by atoms with Crippen molar-refractivity contribution in [1.29, 1.82) is 0 Å². The zero-order chi connectivity index (χ0) is 14.4. The lowest BCUT2D eigenvalue weighted by atomic mass is 9.75. The van der Waals surface area contributed by atoms with Gasteiger partial charge >= 0.3 is 0 Å². The summed E-state index contributed by atoms with van der Waals surface area (Å²) in [6.07, 6.45) is 5.78. The highest BCUT2D eigenvalue weighted by molar-refractivity contribution is 5.53. The number of rotatable bonds is 6. The Morgan fingerprint density at radius 3 is 2.65 bits per heavy atom. The maximum Gasteiger partial charge on any atom is 0.123 e. The molecule has 2 rings (SSSR count). The van der Waals surface area contributed by atoms with Crippen molar-refractivity contribution < 1.29 is 4.79 Å². The van der Waals surface area contributed by atoms with Gasteiger partial charge in [0.25, 0.3) is 0 Å². The normalized spacial score (nSPS) is 24.6. The summed E-state index contributed by atoms with van der Waals surface area (Å²) in [6, 6.07) is 11.1. The molecule has 110 valence electrons. The second-order valence-electron chi connectivity index (χ2n) is 6.46. The maximum absolute atomic E-state index is 11.1. The van der Waals surface area contributed by atoms with E-state index in [0.717, 1.165) is 19.4 Å². The van der Waals surface area contributed by atoms with Crippen LogP contribution in [0.4, 0.5) is 0 Å². The lowest BCUT2D eigenvalue weighted by Gasteiger charge is -2.35. The fourth-order valence-corrected chi connectivity index (χ4v) is 3.49. The monoisotopic (exact) mass is 273 g/mol. The van der Waals surface area contributed by atoms with Crippen LogP contribution in [-0.4, -0.2) is 12.3 Å². The van der Waals surface area contributed by atoms with Crippen molar-refractivity contribution in [3.63, 3.8) is 0 Å². The summed E-state index contributed by atoms with van der Waals surface area (Å²) in [7, 11) is 0. The topological polar surface area (TPSA) is 29.1 Å². The Balaban J connectivity index is 1.94. The molecule has 1 aromatic carbocycles. The van der Waals surface area contributed by atoms with Gasteiger partial charge in [0.05, 0.1) is 0 Å². The summed E-state index contributed by atoms with van der Waals surface area (Å²) >= 11 is 0. The van der Waals surface area contributed by atoms with Gasteiger partial charge in [-0.3, -0.25) is 0 Å². The molecule has 0 radical (unpaired) electrons. The second-order valence-corrected chi connectivity index (χ2v) is 6.46. The summed E-state index contributed by atoms with van der Waals surface area (Å²) in [5.41, 5.74) is 1.33. The number of carbonyl (C=O) groups is 1. The fraction of sp³-hybridized carbons (Fsp3) is 0.611. The van der Waals surface area contributed by atoms with Gasteiger partial charge in [-0.15, -0.1) is 0 Å². The van der Waals surface area contributed by atoms with Gasteiger partial charge in [-0.2, -0.15) is 0 Å². The van der Waals surface area contributed by atoms with E-state index >= 15 is 0 Å². The van der Waals surface area contributed by atoms with Crippen LogP contribution in [-0.2, 0) is 11.3 Å². The highest BCUT2D eigenvalue weighted by Crippen LogP contribution is 2.32. The predicted molar refractivity (Wildman–Crippen MR) is 83.4 cm³/mol. The van der Waals surface area contributed by atoms with Gasteiger partial charge in [-0.05, 0) is 36.7 Å². The Labute approximate surface area is 123 Å². The largest absolute Gasteiger partial charge is 0.309 e. The van der Waals surface area contributed by atoms with Crippen LogP contribution in [0.2, 0.25) is 0 Å². The fourth-order valence-electron chi connectivity index (χ4n) is 3.49. The van der Waals surface area contributed by atoms with Crippen LogP contribution in [0.3, 0.4) is 0 Å². The molecule has 0 aromatic heterocycles. The van der Waals surface area contributed by atoms with Crippen molar-refractivity contribution in [2.24, 2.45) is 17.8 Å². The highest BCUT2D eigenvalue weighted by Gasteiger charge is 2.29. The maximum atomic E-state index is 11.1. The van der Waals surface area contributed by atoms with Gasteiger partial charge in [0.2, 0.25) is 0 Å². The van der Waals surface area contributed by atoms with Crippen LogP contribution in [0.1, 0.15) is 45.1 Å². The van der Waals surface area contributed by atoms with E-state index in [0.29, 0.717) is 17.9 Å². The van der Waals surface area contributed by atoms with Crippen LogP contribution in [0.25, 0.3) is 0 Å². The quantitative estimate of drug-likeness (QED) is 0.799. The summed E-state index contributed by atoms with van der Waals surface area (Å²) in [5.74, 6) is 1.53. The molecule has 0 heterocycles. The van der Waals surface area contributed by atoms with Crippen LogP contribution < -0.4 is 5.32 Å². The first-order valence-corrected chi connectivity index (χ1v) is 7.93. The Hall–Kier alpha value is -1.15. The molecule has 0 saturated heterocycles. The van der Waals surface area contributed by atoms with E-state index < -0.39 is 0 Å². The molecule has 1 aliphatic rings. The van der Waals surface area contributed by atoms with E-state index in [1.165, 1.54) is 24.7 Å². The Morgan fingerprint density at radius 2 is 2.00 bits per heavy atom. The van der Waals surface area contributed by atoms with E-state index in [1.54, 1.807) is 0 Å². The first-order valence-electron chi connectivity index (χ1n) is 7.93. The predicted octanol–water partition coefficient (Wildman–Crippen LogP) is 3.81. The van der Waals surface area contributed by atoms with Crippen molar-refractivity contribution in [3.8, 4) is 0 Å². The Morgan fingerprint density at radius 1 is 1.25 bits per heavy atom. The van der Waals surface area contributed by atoms with Gasteiger partial charge in [-0.1, -0.05) is 50.6 Å². The average Bonchev–Trinajstić information content (AvgIpc) is 2.48. The second kappa shape index (κ2) is 7.58. The van der Waals surface area contributed by atoms with Gasteiger partial charge in [0, 0.05) is 18.5 Å². The zero-order valence-corrected chi connectivity index (χ0v) is 12.7. The molecule has 2 heteroatoms. The van der Waals surface area contributed by atoms with E-state index in [-0.39, 0.29) is 5.92 Å². The molecule has 1 saturated carbocycles. The Bertz CT molecular complexity index is 401. The van der Waals surface area contributed by atoms with Gasteiger partial charge < -0.3 is 10.1 Å². The summed E-state index contributed by atoms with van der Waals surface area (Å²) in [6.45, 7) is 5.49. The minimum absolute atomic E-state index is 0.286. The third kappa shape index (κ3) is 4.17. The minimum atomic E-state index is 0.286. The minimum Gasteiger partial charge on any atom is -0.309 e. The van der Waals surface area contributed by atoms with E-state index in [1.807, 2.05) is 0 Å². The number of nitrogens with one attached hydrogen (secondary N) is 1. The molecule has 0 spiro atoms. The zero-order valence-electron chi connectivity index (χ0n) is 12.7. The van der Waals surface area contributed by atoms with Crippen LogP contribution in [0.5, 0.6) is 0 Å². The van der Waals surface area contributed by atoms with Crippen molar-refractivity contribution >= 4 is 6.29 Å². The third-order valence-electron chi connectivity index (χ3n) is 4.56. The van der Waals surface area contributed by atoms with Crippen LogP contribution in [0, 0.1) is 17.8 Å². The molecular weight excluding hydrogens is 246 g/mol. The number of hydrogen-bond acceptors (Lipinski definition) is 2. The van der Waals surface area contributed by atoms with Crippen molar-refractivity contribution in [1.82, 2.24) is 5.32 Å². The summed E-state index contributed by atoms with van der Waals surface area (Å²) in [4.78, 5) is 11.1. The van der Waals surface area contributed by atoms with E-state index in [4.69, 9.17) is 0 Å². The molecule has 20 heavy (non-hydrogen) atoms. The van der Waals surface area contributed by atoms with Crippen molar-refractivity contribution in [3.05, 3.63) is 35.9 Å². The molecule has 1 aliphatic carbocycles.